The average molecular weight is 337 g/mol. The van der Waals surface area contributed by atoms with Crippen molar-refractivity contribution in [3.63, 3.8) is 0 Å². The molecule has 1 saturated heterocycles. The molecule has 3 rings (SSSR count). The molecule has 6 heteroatoms. The lowest BCUT2D eigenvalue weighted by atomic mass is 10.1. The molecule has 0 unspecified atom stereocenters. The maximum absolute atomic E-state index is 12.4. The monoisotopic (exact) mass is 337 g/mol. The molecule has 6 nitrogen and oxygen atoms in total. The fourth-order valence-electron chi connectivity index (χ4n) is 2.73. The van der Waals surface area contributed by atoms with Crippen LogP contribution in [0.2, 0.25) is 0 Å². The number of hydrogen-bond donors (Lipinski definition) is 2. The highest BCUT2D eigenvalue weighted by atomic mass is 16.2. The molecule has 25 heavy (non-hydrogen) atoms. The molecule has 0 bridgehead atoms. The van der Waals surface area contributed by atoms with E-state index in [-0.39, 0.29) is 24.1 Å². The van der Waals surface area contributed by atoms with Crippen LogP contribution >= 0.6 is 0 Å². The van der Waals surface area contributed by atoms with Gasteiger partial charge in [0, 0.05) is 12.1 Å². The Morgan fingerprint density at radius 1 is 1.00 bits per heavy atom. The quantitative estimate of drug-likeness (QED) is 0.615. The first-order valence-electron chi connectivity index (χ1n) is 8.14. The number of likely N-dealkylation sites (tertiary alicyclic amines) is 1. The Bertz CT molecular complexity index is 762. The molecule has 0 saturated carbocycles. The van der Waals surface area contributed by atoms with E-state index in [2.05, 4.69) is 10.9 Å². The zero-order valence-electron chi connectivity index (χ0n) is 13.6. The average Bonchev–Trinajstić information content (AvgIpc) is 2.93. The zero-order valence-corrected chi connectivity index (χ0v) is 13.6. The number of rotatable bonds is 6. The minimum absolute atomic E-state index is 0.0443. The number of carbonyl (C=O) groups is 3. The predicted molar refractivity (Wildman–Crippen MR) is 92.3 cm³/mol. The van der Waals surface area contributed by atoms with Gasteiger partial charge in [0.1, 0.15) is 6.04 Å². The van der Waals surface area contributed by atoms with Gasteiger partial charge in [-0.3, -0.25) is 24.7 Å². The van der Waals surface area contributed by atoms with Crippen LogP contribution in [0, 0.1) is 0 Å². The summed E-state index contributed by atoms with van der Waals surface area (Å²) in [6, 6.07) is 17.6. The molecule has 3 amide bonds. The second-order valence-electron chi connectivity index (χ2n) is 5.84. The number of nitrogens with one attached hydrogen (secondary N) is 2. The summed E-state index contributed by atoms with van der Waals surface area (Å²) in [5, 5.41) is 0. The number of hydrazine groups is 1. The number of carbonyl (C=O) groups excluding carboxylic acids is 3. The minimum Gasteiger partial charge on any atom is -0.287 e. The van der Waals surface area contributed by atoms with Crippen LogP contribution in [0.4, 0.5) is 0 Å². The van der Waals surface area contributed by atoms with Gasteiger partial charge in [-0.05, 0) is 24.1 Å². The van der Waals surface area contributed by atoms with Crippen LogP contribution in [0.3, 0.4) is 0 Å². The summed E-state index contributed by atoms with van der Waals surface area (Å²) in [7, 11) is 0. The van der Waals surface area contributed by atoms with Gasteiger partial charge in [-0.2, -0.15) is 0 Å². The third kappa shape index (κ3) is 4.10. The third-order valence-corrected chi connectivity index (χ3v) is 4.11. The highest BCUT2D eigenvalue weighted by Crippen LogP contribution is 2.14. The van der Waals surface area contributed by atoms with Crippen molar-refractivity contribution in [3.05, 3.63) is 71.8 Å². The molecule has 1 heterocycles. The van der Waals surface area contributed by atoms with Gasteiger partial charge < -0.3 is 0 Å². The summed E-state index contributed by atoms with van der Waals surface area (Å²) in [5.41, 5.74) is 6.72. The lowest BCUT2D eigenvalue weighted by Crippen LogP contribution is -2.48. The van der Waals surface area contributed by atoms with Crippen molar-refractivity contribution in [1.29, 1.82) is 0 Å². The van der Waals surface area contributed by atoms with Crippen molar-refractivity contribution in [3.8, 4) is 0 Å². The molecule has 0 radical (unpaired) electrons. The number of nitrogens with zero attached hydrogens (tertiary/aromatic N) is 1. The number of hydrogen-bond acceptors (Lipinski definition) is 4. The first-order valence-corrected chi connectivity index (χ1v) is 8.14. The molecule has 2 N–H and O–H groups in total. The van der Waals surface area contributed by atoms with E-state index in [1.165, 1.54) is 4.90 Å². The van der Waals surface area contributed by atoms with E-state index in [0.717, 1.165) is 5.56 Å². The molecular formula is C19H19N3O3. The largest absolute Gasteiger partial charge is 0.287 e. The van der Waals surface area contributed by atoms with Gasteiger partial charge in [0.15, 0.2) is 0 Å². The van der Waals surface area contributed by atoms with Gasteiger partial charge in [0.25, 0.3) is 5.91 Å². The van der Waals surface area contributed by atoms with E-state index in [9.17, 15) is 14.4 Å². The third-order valence-electron chi connectivity index (χ3n) is 4.11. The Kier molecular flexibility index (Phi) is 5.20. The van der Waals surface area contributed by atoms with Crippen molar-refractivity contribution < 1.29 is 14.4 Å². The molecule has 2 aromatic carbocycles. The Balaban J connectivity index is 1.53. The summed E-state index contributed by atoms with van der Waals surface area (Å²) in [4.78, 5) is 37.7. The van der Waals surface area contributed by atoms with E-state index in [4.69, 9.17) is 0 Å². The molecule has 0 aliphatic carbocycles. The molecule has 1 aliphatic rings. The highest BCUT2D eigenvalue weighted by molar-refractivity contribution is 6.05. The Morgan fingerprint density at radius 3 is 2.32 bits per heavy atom. The molecule has 2 aromatic rings. The second kappa shape index (κ2) is 7.72. The van der Waals surface area contributed by atoms with Crippen LogP contribution in [0.15, 0.2) is 60.7 Å². The molecule has 128 valence electrons. The SMILES string of the molecule is O=C(NN[C@H]1CC(=O)N(CCc2ccccc2)C1=O)c1ccccc1. The van der Waals surface area contributed by atoms with E-state index in [1.54, 1.807) is 24.3 Å². The normalized spacial score (nSPS) is 17.0. The lowest BCUT2D eigenvalue weighted by molar-refractivity contribution is -0.138. The summed E-state index contributed by atoms with van der Waals surface area (Å²) in [6.07, 6.45) is 0.657. The molecule has 1 fully saturated rings. The maximum Gasteiger partial charge on any atom is 0.265 e. The van der Waals surface area contributed by atoms with Crippen molar-refractivity contribution in [1.82, 2.24) is 15.8 Å². The maximum atomic E-state index is 12.4. The number of amides is 3. The van der Waals surface area contributed by atoms with Gasteiger partial charge in [0.05, 0.1) is 6.42 Å². The molecular weight excluding hydrogens is 318 g/mol. The first kappa shape index (κ1) is 16.9. The predicted octanol–water partition coefficient (Wildman–Crippen LogP) is 1.29. The van der Waals surface area contributed by atoms with Crippen LogP contribution in [-0.4, -0.2) is 35.2 Å². The fraction of sp³-hybridized carbons (Fsp3) is 0.211. The van der Waals surface area contributed by atoms with Gasteiger partial charge >= 0.3 is 0 Å². The van der Waals surface area contributed by atoms with Crippen molar-refractivity contribution in [2.75, 3.05) is 6.54 Å². The Morgan fingerprint density at radius 2 is 1.64 bits per heavy atom. The van der Waals surface area contributed by atoms with Crippen LogP contribution in [-0.2, 0) is 16.0 Å². The Hall–Kier alpha value is -2.99. The van der Waals surface area contributed by atoms with Crippen molar-refractivity contribution in [2.24, 2.45) is 0 Å². The van der Waals surface area contributed by atoms with Gasteiger partial charge in [-0.25, -0.2) is 5.43 Å². The summed E-state index contributed by atoms with van der Waals surface area (Å²) in [5.74, 6) is -0.884. The van der Waals surface area contributed by atoms with Gasteiger partial charge in [0.2, 0.25) is 11.8 Å². The van der Waals surface area contributed by atoms with Crippen molar-refractivity contribution >= 4 is 17.7 Å². The summed E-state index contributed by atoms with van der Waals surface area (Å²) in [6.45, 7) is 0.340. The minimum atomic E-state index is -0.726. The standard InChI is InChI=1S/C19H19N3O3/c23-17-13-16(20-21-18(24)15-9-5-2-6-10-15)19(25)22(17)12-11-14-7-3-1-4-8-14/h1-10,16,20H,11-13H2,(H,21,24)/t16-/m0/s1. The van der Waals surface area contributed by atoms with Crippen LogP contribution < -0.4 is 10.9 Å². The van der Waals surface area contributed by atoms with Crippen molar-refractivity contribution in [2.45, 2.75) is 18.9 Å². The number of benzene rings is 2. The lowest BCUT2D eigenvalue weighted by Gasteiger charge is -2.16. The van der Waals surface area contributed by atoms with Crippen LogP contribution in [0.1, 0.15) is 22.3 Å². The van der Waals surface area contributed by atoms with E-state index in [0.29, 0.717) is 18.5 Å². The first-order chi connectivity index (χ1) is 12.1. The van der Waals surface area contributed by atoms with Crippen LogP contribution in [0.25, 0.3) is 0 Å². The summed E-state index contributed by atoms with van der Waals surface area (Å²) < 4.78 is 0. The van der Waals surface area contributed by atoms with Crippen LogP contribution in [0.5, 0.6) is 0 Å². The second-order valence-corrected chi connectivity index (χ2v) is 5.84. The van der Waals surface area contributed by atoms with Gasteiger partial charge in [-0.1, -0.05) is 48.5 Å². The highest BCUT2D eigenvalue weighted by Gasteiger charge is 2.38. The van der Waals surface area contributed by atoms with E-state index < -0.39 is 6.04 Å². The zero-order chi connectivity index (χ0) is 17.6. The van der Waals surface area contributed by atoms with Gasteiger partial charge in [-0.15, -0.1) is 0 Å². The van der Waals surface area contributed by atoms with E-state index >= 15 is 0 Å². The topological polar surface area (TPSA) is 78.5 Å². The molecule has 0 aromatic heterocycles. The molecule has 1 atom stereocenters. The molecule has 0 spiro atoms. The number of imide groups is 1. The smallest absolute Gasteiger partial charge is 0.265 e. The Labute approximate surface area is 145 Å². The summed E-state index contributed by atoms with van der Waals surface area (Å²) >= 11 is 0. The van der Waals surface area contributed by atoms with E-state index in [1.807, 2.05) is 36.4 Å². The fourth-order valence-corrected chi connectivity index (χ4v) is 2.73. The molecule has 1 aliphatic heterocycles.